The standard InChI is InChI=1S/C40H36N2O5P2/c43-37(21-24-40(46)47-42-38(44)22-23-39(42)45)41-32-26-30(28-48(33-13-5-1-6-14-33)34-15-7-2-8-16-34)25-31(27-32)29-49(35-17-9-3-10-18-35)36-19-11-4-12-20-36/h1-20,25-27H,21-24,28-29H2,(H,41,43). The molecule has 0 aliphatic carbocycles. The number of hydroxylamine groups is 2. The van der Waals surface area contributed by atoms with E-state index in [9.17, 15) is 19.2 Å². The molecule has 6 rings (SSSR count). The molecule has 0 saturated carbocycles. The monoisotopic (exact) mass is 686 g/mol. The van der Waals surface area contributed by atoms with Gasteiger partial charge in [-0.05, 0) is 60.3 Å². The maximum atomic E-state index is 13.2. The molecular formula is C40H36N2O5P2. The number of amides is 3. The number of nitrogens with zero attached hydrogens (tertiary/aromatic N) is 1. The Bertz CT molecular complexity index is 1710. The molecule has 9 heteroatoms. The van der Waals surface area contributed by atoms with E-state index in [1.165, 1.54) is 21.2 Å². The minimum absolute atomic E-state index is 0.0126. The summed E-state index contributed by atoms with van der Waals surface area (Å²) < 4.78 is 0. The Morgan fingerprint density at radius 3 is 1.35 bits per heavy atom. The normalized spacial score (nSPS) is 12.8. The Labute approximate surface area is 288 Å². The number of carbonyl (C=O) groups is 4. The van der Waals surface area contributed by atoms with Gasteiger partial charge in [0.15, 0.2) is 0 Å². The Morgan fingerprint density at radius 2 is 0.959 bits per heavy atom. The van der Waals surface area contributed by atoms with Crippen molar-refractivity contribution in [3.05, 3.63) is 151 Å². The molecule has 5 aromatic rings. The van der Waals surface area contributed by atoms with Gasteiger partial charge in [0, 0.05) is 37.3 Å². The molecule has 0 bridgehead atoms. The molecule has 0 spiro atoms. The van der Waals surface area contributed by atoms with Crippen LogP contribution in [0.5, 0.6) is 0 Å². The number of rotatable bonds is 13. The van der Waals surface area contributed by atoms with E-state index in [0.717, 1.165) is 23.5 Å². The summed E-state index contributed by atoms with van der Waals surface area (Å²) >= 11 is 0. The van der Waals surface area contributed by atoms with Crippen LogP contribution in [0.4, 0.5) is 5.69 Å². The number of nitrogens with one attached hydrogen (secondary N) is 1. The van der Waals surface area contributed by atoms with Crippen molar-refractivity contribution >= 4 is 66.4 Å². The van der Waals surface area contributed by atoms with E-state index >= 15 is 0 Å². The van der Waals surface area contributed by atoms with Gasteiger partial charge < -0.3 is 10.2 Å². The molecule has 3 amide bonds. The topological polar surface area (TPSA) is 92.8 Å². The molecule has 0 unspecified atom stereocenters. The lowest BCUT2D eigenvalue weighted by Crippen LogP contribution is -2.32. The second-order valence-electron chi connectivity index (χ2n) is 11.6. The molecule has 49 heavy (non-hydrogen) atoms. The van der Waals surface area contributed by atoms with Crippen LogP contribution in [0.2, 0.25) is 0 Å². The maximum Gasteiger partial charge on any atom is 0.333 e. The molecule has 1 heterocycles. The summed E-state index contributed by atoms with van der Waals surface area (Å²) in [7, 11) is -1.48. The van der Waals surface area contributed by atoms with E-state index in [1.807, 2.05) is 36.4 Å². The van der Waals surface area contributed by atoms with Crippen molar-refractivity contribution in [2.75, 3.05) is 5.32 Å². The van der Waals surface area contributed by atoms with Crippen LogP contribution < -0.4 is 26.5 Å². The first-order chi connectivity index (χ1) is 23.9. The first kappa shape index (κ1) is 33.9. The van der Waals surface area contributed by atoms with Gasteiger partial charge in [-0.1, -0.05) is 127 Å². The van der Waals surface area contributed by atoms with Gasteiger partial charge in [-0.3, -0.25) is 14.4 Å². The molecule has 1 aliphatic rings. The summed E-state index contributed by atoms with van der Waals surface area (Å²) in [6, 6.07) is 48.4. The van der Waals surface area contributed by atoms with Crippen molar-refractivity contribution in [3.8, 4) is 0 Å². The highest BCUT2D eigenvalue weighted by atomic mass is 31.1. The van der Waals surface area contributed by atoms with Crippen molar-refractivity contribution in [1.82, 2.24) is 5.06 Å². The van der Waals surface area contributed by atoms with Gasteiger partial charge in [-0.15, -0.1) is 5.06 Å². The number of imide groups is 1. The molecule has 1 fully saturated rings. The molecule has 0 aromatic heterocycles. The number of benzene rings is 5. The number of hydrogen-bond acceptors (Lipinski definition) is 5. The predicted molar refractivity (Wildman–Crippen MR) is 197 cm³/mol. The lowest BCUT2D eigenvalue weighted by molar-refractivity contribution is -0.197. The van der Waals surface area contributed by atoms with Gasteiger partial charge >= 0.3 is 5.97 Å². The van der Waals surface area contributed by atoms with Crippen LogP contribution in [0.25, 0.3) is 0 Å². The molecule has 7 nitrogen and oxygen atoms in total. The minimum Gasteiger partial charge on any atom is -0.330 e. The molecule has 0 radical (unpaired) electrons. The van der Waals surface area contributed by atoms with Gasteiger partial charge in [-0.2, -0.15) is 0 Å². The highest BCUT2D eigenvalue weighted by Gasteiger charge is 2.32. The lowest BCUT2D eigenvalue weighted by atomic mass is 10.1. The van der Waals surface area contributed by atoms with Crippen LogP contribution >= 0.6 is 15.8 Å². The highest BCUT2D eigenvalue weighted by molar-refractivity contribution is 7.72. The molecule has 1 saturated heterocycles. The van der Waals surface area contributed by atoms with Crippen molar-refractivity contribution in [2.24, 2.45) is 0 Å². The van der Waals surface area contributed by atoms with E-state index < -0.39 is 33.6 Å². The quantitative estimate of drug-likeness (QED) is 0.116. The van der Waals surface area contributed by atoms with E-state index in [-0.39, 0.29) is 31.6 Å². The second-order valence-corrected chi connectivity index (χ2v) is 16.1. The Balaban J connectivity index is 1.28. The van der Waals surface area contributed by atoms with Gasteiger partial charge in [0.25, 0.3) is 11.8 Å². The average Bonchev–Trinajstić information content (AvgIpc) is 3.45. The first-order valence-corrected chi connectivity index (χ1v) is 19.2. The summed E-state index contributed by atoms with van der Waals surface area (Å²) in [6.45, 7) is 0. The predicted octanol–water partition coefficient (Wildman–Crippen LogP) is 6.28. The van der Waals surface area contributed by atoms with Crippen molar-refractivity contribution < 1.29 is 24.0 Å². The van der Waals surface area contributed by atoms with Gasteiger partial charge in [0.2, 0.25) is 5.91 Å². The van der Waals surface area contributed by atoms with Gasteiger partial charge in [0.05, 0.1) is 6.42 Å². The fourth-order valence-corrected chi connectivity index (χ4v) is 10.3. The summed E-state index contributed by atoms with van der Waals surface area (Å²) in [6.07, 6.45) is 1.15. The Hall–Kier alpha value is -4.96. The van der Waals surface area contributed by atoms with E-state index in [4.69, 9.17) is 4.84 Å². The van der Waals surface area contributed by atoms with Crippen LogP contribution in [-0.4, -0.2) is 28.8 Å². The first-order valence-electron chi connectivity index (χ1n) is 16.2. The summed E-state index contributed by atoms with van der Waals surface area (Å²) in [5.41, 5.74) is 2.87. The SMILES string of the molecule is O=C(CCC(=O)ON1C(=O)CCC1=O)Nc1cc(CP(c2ccccc2)c2ccccc2)cc(CP(c2ccccc2)c2ccccc2)c1. The van der Waals surface area contributed by atoms with Gasteiger partial charge in [-0.25, -0.2) is 4.79 Å². The average molecular weight is 687 g/mol. The summed E-state index contributed by atoms with van der Waals surface area (Å²) in [4.78, 5) is 54.2. The third kappa shape index (κ3) is 9.14. The van der Waals surface area contributed by atoms with Crippen molar-refractivity contribution in [2.45, 2.75) is 38.0 Å². The van der Waals surface area contributed by atoms with E-state index in [1.54, 1.807) is 0 Å². The molecule has 1 N–H and O–H groups in total. The van der Waals surface area contributed by atoms with E-state index in [2.05, 4.69) is 108 Å². The fraction of sp³-hybridized carbons (Fsp3) is 0.150. The smallest absolute Gasteiger partial charge is 0.330 e. The minimum atomic E-state index is -0.805. The third-order valence-corrected chi connectivity index (χ3v) is 13.1. The zero-order valence-corrected chi connectivity index (χ0v) is 28.7. The maximum absolute atomic E-state index is 13.2. The summed E-state index contributed by atoms with van der Waals surface area (Å²) in [5, 5.41) is 8.59. The lowest BCUT2D eigenvalue weighted by Gasteiger charge is -2.22. The number of hydrogen-bond donors (Lipinski definition) is 1. The van der Waals surface area contributed by atoms with Gasteiger partial charge in [0.1, 0.15) is 0 Å². The van der Waals surface area contributed by atoms with Crippen LogP contribution in [0.3, 0.4) is 0 Å². The number of carbonyl (C=O) groups excluding carboxylic acids is 4. The highest BCUT2D eigenvalue weighted by Crippen LogP contribution is 2.41. The molecule has 0 atom stereocenters. The van der Waals surface area contributed by atoms with Crippen LogP contribution in [0.15, 0.2) is 140 Å². The van der Waals surface area contributed by atoms with Crippen LogP contribution in [0.1, 0.15) is 36.8 Å². The van der Waals surface area contributed by atoms with Crippen LogP contribution in [-0.2, 0) is 36.3 Å². The number of anilines is 1. The largest absolute Gasteiger partial charge is 0.333 e. The Morgan fingerprint density at radius 1 is 0.571 bits per heavy atom. The third-order valence-electron chi connectivity index (χ3n) is 8.04. The van der Waals surface area contributed by atoms with Crippen LogP contribution in [0, 0.1) is 0 Å². The molecule has 5 aromatic carbocycles. The zero-order valence-electron chi connectivity index (χ0n) is 26.9. The second kappa shape index (κ2) is 16.4. The fourth-order valence-electron chi connectivity index (χ4n) is 5.72. The van der Waals surface area contributed by atoms with Crippen molar-refractivity contribution in [3.63, 3.8) is 0 Å². The van der Waals surface area contributed by atoms with Crippen molar-refractivity contribution in [1.29, 1.82) is 0 Å². The summed E-state index contributed by atoms with van der Waals surface area (Å²) in [5.74, 6) is -2.27. The van der Waals surface area contributed by atoms with E-state index in [0.29, 0.717) is 10.8 Å². The Kier molecular flexibility index (Phi) is 11.4. The zero-order chi connectivity index (χ0) is 34.0. The molecule has 246 valence electrons. The molecular weight excluding hydrogens is 650 g/mol. The molecule has 1 aliphatic heterocycles.